The molecule has 0 fully saturated rings. The summed E-state index contributed by atoms with van der Waals surface area (Å²) in [4.78, 5) is 11.7. The third-order valence-electron chi connectivity index (χ3n) is 3.30. The topological polar surface area (TPSA) is 75.7 Å². The molecule has 0 bridgehead atoms. The molecule has 136 valence electrons. The highest BCUT2D eigenvalue weighted by Crippen LogP contribution is 2.29. The second kappa shape index (κ2) is 9.25. The maximum atomic E-state index is 12.7. The van der Waals surface area contributed by atoms with Crippen LogP contribution in [0, 0.1) is 5.92 Å². The van der Waals surface area contributed by atoms with Crippen molar-refractivity contribution in [2.75, 3.05) is 26.2 Å². The standard InChI is InChI=1S/C16H25ClN2O4S/c1-5-19(6-2)24(21,22)15-9-13(17)7-8-14(15)23-11-16(20)18-10-12(3)4/h7-9,12H,5-6,10-11H2,1-4H3,(H,18,20). The number of hydrogen-bond acceptors (Lipinski definition) is 4. The number of hydrogen-bond donors (Lipinski definition) is 1. The van der Waals surface area contributed by atoms with Gasteiger partial charge in [-0.1, -0.05) is 39.3 Å². The van der Waals surface area contributed by atoms with Gasteiger partial charge in [-0.25, -0.2) is 8.42 Å². The fourth-order valence-electron chi connectivity index (χ4n) is 2.02. The molecular formula is C16H25ClN2O4S. The first-order chi connectivity index (χ1) is 11.2. The maximum Gasteiger partial charge on any atom is 0.257 e. The van der Waals surface area contributed by atoms with E-state index in [1.807, 2.05) is 13.8 Å². The monoisotopic (exact) mass is 376 g/mol. The van der Waals surface area contributed by atoms with Gasteiger partial charge in [0.1, 0.15) is 10.6 Å². The molecule has 1 N–H and O–H groups in total. The van der Waals surface area contributed by atoms with Crippen molar-refractivity contribution in [3.8, 4) is 5.75 Å². The van der Waals surface area contributed by atoms with Crippen LogP contribution in [0.3, 0.4) is 0 Å². The molecule has 1 amide bonds. The number of rotatable bonds is 9. The molecular weight excluding hydrogens is 352 g/mol. The number of sulfonamides is 1. The number of nitrogens with one attached hydrogen (secondary N) is 1. The van der Waals surface area contributed by atoms with Crippen molar-refractivity contribution in [2.45, 2.75) is 32.6 Å². The van der Waals surface area contributed by atoms with Gasteiger partial charge in [-0.2, -0.15) is 4.31 Å². The summed E-state index contributed by atoms with van der Waals surface area (Å²) in [5, 5.41) is 3.01. The first-order valence-corrected chi connectivity index (χ1v) is 9.73. The van der Waals surface area contributed by atoms with Crippen molar-refractivity contribution in [3.05, 3.63) is 23.2 Å². The second-order valence-electron chi connectivity index (χ2n) is 5.67. The zero-order chi connectivity index (χ0) is 18.3. The fraction of sp³-hybridized carbons (Fsp3) is 0.562. The summed E-state index contributed by atoms with van der Waals surface area (Å²) >= 11 is 5.94. The first kappa shape index (κ1) is 20.7. The lowest BCUT2D eigenvalue weighted by atomic mass is 10.2. The lowest BCUT2D eigenvalue weighted by Crippen LogP contribution is -2.33. The largest absolute Gasteiger partial charge is 0.482 e. The Kier molecular flexibility index (Phi) is 7.99. The minimum absolute atomic E-state index is 0.0321. The van der Waals surface area contributed by atoms with Gasteiger partial charge in [0.05, 0.1) is 0 Å². The number of nitrogens with zero attached hydrogens (tertiary/aromatic N) is 1. The first-order valence-electron chi connectivity index (χ1n) is 7.91. The van der Waals surface area contributed by atoms with Crippen LogP contribution in [0.5, 0.6) is 5.75 Å². The molecule has 0 saturated carbocycles. The van der Waals surface area contributed by atoms with Gasteiger partial charge in [0.2, 0.25) is 10.0 Å². The molecule has 6 nitrogen and oxygen atoms in total. The van der Waals surface area contributed by atoms with Crippen LogP contribution in [0.4, 0.5) is 0 Å². The summed E-state index contributed by atoms with van der Waals surface area (Å²) in [5.74, 6) is 0.138. The number of carbonyl (C=O) groups is 1. The molecule has 0 unspecified atom stereocenters. The highest BCUT2D eigenvalue weighted by Gasteiger charge is 2.26. The maximum absolute atomic E-state index is 12.7. The van der Waals surface area contributed by atoms with E-state index in [0.717, 1.165) is 0 Å². The number of amides is 1. The van der Waals surface area contributed by atoms with Gasteiger partial charge in [-0.3, -0.25) is 4.79 Å². The van der Waals surface area contributed by atoms with E-state index >= 15 is 0 Å². The Balaban J connectivity index is 2.99. The van der Waals surface area contributed by atoms with Crippen LogP contribution in [-0.2, 0) is 14.8 Å². The van der Waals surface area contributed by atoms with Crippen molar-refractivity contribution in [1.29, 1.82) is 0 Å². The molecule has 0 radical (unpaired) electrons. The van der Waals surface area contributed by atoms with Gasteiger partial charge in [0, 0.05) is 24.7 Å². The number of benzene rings is 1. The third-order valence-corrected chi connectivity index (χ3v) is 5.60. The molecule has 0 aliphatic carbocycles. The summed E-state index contributed by atoms with van der Waals surface area (Å²) in [6.45, 7) is 8.42. The lowest BCUT2D eigenvalue weighted by Gasteiger charge is -2.20. The van der Waals surface area contributed by atoms with Gasteiger partial charge in [0.25, 0.3) is 5.91 Å². The third kappa shape index (κ3) is 5.65. The van der Waals surface area contributed by atoms with E-state index in [4.69, 9.17) is 16.3 Å². The Morgan fingerprint density at radius 2 is 1.92 bits per heavy atom. The van der Waals surface area contributed by atoms with E-state index in [9.17, 15) is 13.2 Å². The molecule has 1 aromatic carbocycles. The predicted molar refractivity (Wildman–Crippen MR) is 94.9 cm³/mol. The highest BCUT2D eigenvalue weighted by molar-refractivity contribution is 7.89. The van der Waals surface area contributed by atoms with E-state index in [1.165, 1.54) is 22.5 Å². The van der Waals surface area contributed by atoms with Crippen LogP contribution in [0.25, 0.3) is 0 Å². The van der Waals surface area contributed by atoms with Gasteiger partial charge in [-0.15, -0.1) is 0 Å². The van der Waals surface area contributed by atoms with Crippen LogP contribution in [0.1, 0.15) is 27.7 Å². The van der Waals surface area contributed by atoms with Crippen LogP contribution in [0.15, 0.2) is 23.1 Å². The molecule has 0 aliphatic heterocycles. The van der Waals surface area contributed by atoms with E-state index in [-0.39, 0.29) is 28.2 Å². The average Bonchev–Trinajstić information content (AvgIpc) is 2.52. The van der Waals surface area contributed by atoms with Crippen molar-refractivity contribution in [2.24, 2.45) is 5.92 Å². The average molecular weight is 377 g/mol. The summed E-state index contributed by atoms with van der Waals surface area (Å²) in [6, 6.07) is 4.34. The Bertz CT molecular complexity index is 658. The Morgan fingerprint density at radius 1 is 1.29 bits per heavy atom. The van der Waals surface area contributed by atoms with Crippen LogP contribution in [-0.4, -0.2) is 44.9 Å². The molecule has 0 heterocycles. The van der Waals surface area contributed by atoms with E-state index < -0.39 is 10.0 Å². The second-order valence-corrected chi connectivity index (χ2v) is 8.01. The normalized spacial score (nSPS) is 11.8. The van der Waals surface area contributed by atoms with E-state index in [1.54, 1.807) is 13.8 Å². The molecule has 0 atom stereocenters. The van der Waals surface area contributed by atoms with Gasteiger partial charge < -0.3 is 10.1 Å². The Hall–Kier alpha value is -1.31. The van der Waals surface area contributed by atoms with Gasteiger partial charge >= 0.3 is 0 Å². The summed E-state index contributed by atoms with van der Waals surface area (Å²) < 4.78 is 32.2. The Labute approximate surface area is 149 Å². The molecule has 24 heavy (non-hydrogen) atoms. The van der Waals surface area contributed by atoms with Crippen LogP contribution >= 0.6 is 11.6 Å². The van der Waals surface area contributed by atoms with Gasteiger partial charge in [-0.05, 0) is 24.1 Å². The van der Waals surface area contributed by atoms with Crippen molar-refractivity contribution in [1.82, 2.24) is 9.62 Å². The molecule has 0 aliphatic rings. The molecule has 0 spiro atoms. The molecule has 1 rings (SSSR count). The summed E-state index contributed by atoms with van der Waals surface area (Å²) in [6.07, 6.45) is 0. The minimum atomic E-state index is -3.74. The summed E-state index contributed by atoms with van der Waals surface area (Å²) in [5.41, 5.74) is 0. The van der Waals surface area contributed by atoms with E-state index in [2.05, 4.69) is 5.32 Å². The smallest absolute Gasteiger partial charge is 0.257 e. The lowest BCUT2D eigenvalue weighted by molar-refractivity contribution is -0.123. The number of ether oxygens (including phenoxy) is 1. The molecule has 8 heteroatoms. The Morgan fingerprint density at radius 3 is 2.46 bits per heavy atom. The zero-order valence-corrected chi connectivity index (χ0v) is 16.1. The van der Waals surface area contributed by atoms with Crippen molar-refractivity contribution < 1.29 is 17.9 Å². The molecule has 0 saturated heterocycles. The van der Waals surface area contributed by atoms with Crippen molar-refractivity contribution >= 4 is 27.5 Å². The van der Waals surface area contributed by atoms with Crippen LogP contribution < -0.4 is 10.1 Å². The predicted octanol–water partition coefficient (Wildman–Crippen LogP) is 2.52. The SMILES string of the molecule is CCN(CC)S(=O)(=O)c1cc(Cl)ccc1OCC(=O)NCC(C)C. The summed E-state index contributed by atoms with van der Waals surface area (Å²) in [7, 11) is -3.74. The minimum Gasteiger partial charge on any atom is -0.482 e. The fourth-order valence-corrected chi connectivity index (χ4v) is 3.87. The van der Waals surface area contributed by atoms with Gasteiger partial charge in [0.15, 0.2) is 6.61 Å². The van der Waals surface area contributed by atoms with E-state index in [0.29, 0.717) is 25.6 Å². The molecule has 1 aromatic rings. The quantitative estimate of drug-likeness (QED) is 0.718. The zero-order valence-electron chi connectivity index (χ0n) is 14.5. The highest BCUT2D eigenvalue weighted by atomic mass is 35.5. The van der Waals surface area contributed by atoms with Crippen molar-refractivity contribution in [3.63, 3.8) is 0 Å². The number of halogens is 1. The molecule has 0 aromatic heterocycles. The van der Waals surface area contributed by atoms with Crippen LogP contribution in [0.2, 0.25) is 5.02 Å². The number of carbonyl (C=O) groups excluding carboxylic acids is 1.